The lowest BCUT2D eigenvalue weighted by Crippen LogP contribution is -2.13. The summed E-state index contributed by atoms with van der Waals surface area (Å²) in [4.78, 5) is 11.5. The molecule has 3 nitrogen and oxygen atoms in total. The predicted molar refractivity (Wildman–Crippen MR) is 64.2 cm³/mol. The topological polar surface area (TPSA) is 49.3 Å². The molecule has 1 saturated carbocycles. The van der Waals surface area contributed by atoms with Gasteiger partial charge in [-0.15, -0.1) is 0 Å². The van der Waals surface area contributed by atoms with Crippen molar-refractivity contribution < 1.29 is 9.90 Å². The Morgan fingerprint density at radius 2 is 2.12 bits per heavy atom. The molecule has 2 N–H and O–H groups in total. The van der Waals surface area contributed by atoms with E-state index in [0.717, 1.165) is 12.8 Å². The number of amides is 1. The molecule has 0 bridgehead atoms. The monoisotopic (exact) mass is 259 g/mol. The van der Waals surface area contributed by atoms with Gasteiger partial charge in [0.05, 0.1) is 10.7 Å². The van der Waals surface area contributed by atoms with Gasteiger partial charge in [0, 0.05) is 10.9 Å². The third-order valence-corrected chi connectivity index (χ3v) is 3.48. The van der Waals surface area contributed by atoms with Gasteiger partial charge in [-0.2, -0.15) is 0 Å². The van der Waals surface area contributed by atoms with Gasteiger partial charge < -0.3 is 10.4 Å². The maximum absolute atomic E-state index is 11.5. The molecule has 0 radical (unpaired) electrons. The molecule has 1 aliphatic carbocycles. The number of benzene rings is 1. The molecule has 1 amide bonds. The van der Waals surface area contributed by atoms with Crippen LogP contribution in [0.2, 0.25) is 10.0 Å². The zero-order chi connectivity index (χ0) is 11.9. The van der Waals surface area contributed by atoms with Gasteiger partial charge in [0.25, 0.3) is 0 Å². The number of phenolic OH excluding ortho intramolecular Hbond substituents is 1. The first-order chi connectivity index (χ1) is 7.50. The Hall–Kier alpha value is -0.930. The van der Waals surface area contributed by atoms with Crippen LogP contribution in [0.5, 0.6) is 5.75 Å². The molecule has 1 aromatic rings. The molecule has 0 spiro atoms. The first-order valence-electron chi connectivity index (χ1n) is 4.99. The van der Waals surface area contributed by atoms with E-state index in [1.54, 1.807) is 6.92 Å². The highest BCUT2D eigenvalue weighted by Crippen LogP contribution is 2.40. The van der Waals surface area contributed by atoms with Crippen molar-refractivity contribution in [3.63, 3.8) is 0 Å². The van der Waals surface area contributed by atoms with Gasteiger partial charge in [-0.25, -0.2) is 0 Å². The van der Waals surface area contributed by atoms with Gasteiger partial charge in [-0.3, -0.25) is 4.79 Å². The maximum atomic E-state index is 11.5. The molecule has 1 aromatic carbocycles. The Kier molecular flexibility index (Phi) is 3.00. The SMILES string of the molecule is Cc1c(Cl)cc(NC(=O)C2CC2)c(O)c1Cl. The van der Waals surface area contributed by atoms with Crippen LogP contribution < -0.4 is 5.32 Å². The predicted octanol–water partition coefficient (Wildman–Crippen LogP) is 3.36. The largest absolute Gasteiger partial charge is 0.504 e. The van der Waals surface area contributed by atoms with Crippen molar-refractivity contribution in [1.29, 1.82) is 0 Å². The summed E-state index contributed by atoms with van der Waals surface area (Å²) < 4.78 is 0. The quantitative estimate of drug-likeness (QED) is 0.801. The Balaban J connectivity index is 2.29. The molecule has 0 heterocycles. The van der Waals surface area contributed by atoms with Gasteiger partial charge in [0.15, 0.2) is 5.75 Å². The summed E-state index contributed by atoms with van der Waals surface area (Å²) in [6.45, 7) is 1.71. The van der Waals surface area contributed by atoms with Crippen LogP contribution in [0.25, 0.3) is 0 Å². The Bertz CT molecular complexity index is 456. The number of aromatic hydroxyl groups is 1. The van der Waals surface area contributed by atoms with Gasteiger partial charge in [0.1, 0.15) is 0 Å². The summed E-state index contributed by atoms with van der Waals surface area (Å²) in [7, 11) is 0. The molecule has 0 saturated heterocycles. The summed E-state index contributed by atoms with van der Waals surface area (Å²) in [5.74, 6) is -0.151. The lowest BCUT2D eigenvalue weighted by Gasteiger charge is -2.11. The molecule has 0 atom stereocenters. The number of carbonyl (C=O) groups excluding carboxylic acids is 1. The zero-order valence-electron chi connectivity index (χ0n) is 8.68. The van der Waals surface area contributed by atoms with Crippen LogP contribution in [0.1, 0.15) is 18.4 Å². The number of hydrogen-bond donors (Lipinski definition) is 2. The lowest BCUT2D eigenvalue weighted by molar-refractivity contribution is -0.117. The van der Waals surface area contributed by atoms with Crippen LogP contribution in [0.15, 0.2) is 6.07 Å². The first kappa shape index (κ1) is 11.6. The van der Waals surface area contributed by atoms with E-state index in [2.05, 4.69) is 5.32 Å². The summed E-state index contributed by atoms with van der Waals surface area (Å²) in [5.41, 5.74) is 0.878. The Morgan fingerprint density at radius 1 is 1.50 bits per heavy atom. The number of rotatable bonds is 2. The second-order valence-electron chi connectivity index (χ2n) is 3.96. The van der Waals surface area contributed by atoms with Crippen LogP contribution in [0, 0.1) is 12.8 Å². The van der Waals surface area contributed by atoms with Crippen molar-refractivity contribution in [3.8, 4) is 5.75 Å². The number of nitrogens with one attached hydrogen (secondary N) is 1. The summed E-state index contributed by atoms with van der Waals surface area (Å²) in [6, 6.07) is 1.51. The number of anilines is 1. The minimum atomic E-state index is -0.127. The zero-order valence-corrected chi connectivity index (χ0v) is 10.2. The van der Waals surface area contributed by atoms with Crippen molar-refractivity contribution >= 4 is 34.8 Å². The van der Waals surface area contributed by atoms with Crippen LogP contribution in [0.4, 0.5) is 5.69 Å². The molecule has 16 heavy (non-hydrogen) atoms. The fraction of sp³-hybridized carbons (Fsp3) is 0.364. The second-order valence-corrected chi connectivity index (χ2v) is 4.74. The van der Waals surface area contributed by atoms with Crippen molar-refractivity contribution in [1.82, 2.24) is 0 Å². The third-order valence-electron chi connectivity index (χ3n) is 2.63. The highest BCUT2D eigenvalue weighted by molar-refractivity contribution is 6.37. The van der Waals surface area contributed by atoms with Crippen molar-refractivity contribution in [2.45, 2.75) is 19.8 Å². The van der Waals surface area contributed by atoms with Crippen molar-refractivity contribution in [2.75, 3.05) is 5.32 Å². The molecule has 1 fully saturated rings. The Labute approximate surface area is 103 Å². The fourth-order valence-electron chi connectivity index (χ4n) is 1.38. The average molecular weight is 260 g/mol. The van der Waals surface area contributed by atoms with E-state index in [4.69, 9.17) is 23.2 Å². The van der Waals surface area contributed by atoms with E-state index in [0.29, 0.717) is 10.6 Å². The standard InChI is InChI=1S/C11H11Cl2NO2/c1-5-7(12)4-8(10(15)9(5)13)14-11(16)6-2-3-6/h4,6,15H,2-3H2,1H3,(H,14,16). The Morgan fingerprint density at radius 3 is 2.69 bits per heavy atom. The molecular weight excluding hydrogens is 249 g/mol. The minimum Gasteiger partial charge on any atom is -0.504 e. The molecule has 1 aliphatic rings. The fourth-order valence-corrected chi connectivity index (χ4v) is 1.84. The van der Waals surface area contributed by atoms with E-state index >= 15 is 0 Å². The smallest absolute Gasteiger partial charge is 0.227 e. The van der Waals surface area contributed by atoms with Gasteiger partial charge in [-0.05, 0) is 31.4 Å². The van der Waals surface area contributed by atoms with Gasteiger partial charge in [0.2, 0.25) is 5.91 Å². The second kappa shape index (κ2) is 4.15. The van der Waals surface area contributed by atoms with Crippen molar-refractivity contribution in [2.24, 2.45) is 5.92 Å². The van der Waals surface area contributed by atoms with Crippen molar-refractivity contribution in [3.05, 3.63) is 21.7 Å². The number of halogens is 2. The molecule has 0 aliphatic heterocycles. The molecule has 0 unspecified atom stereocenters. The summed E-state index contributed by atoms with van der Waals surface area (Å²) in [5, 5.41) is 13.0. The number of hydrogen-bond acceptors (Lipinski definition) is 2. The van der Waals surface area contributed by atoms with E-state index in [1.165, 1.54) is 6.07 Å². The molecule has 2 rings (SSSR count). The normalized spacial score (nSPS) is 14.9. The molecule has 5 heteroatoms. The van der Waals surface area contributed by atoms with E-state index in [1.807, 2.05) is 0 Å². The number of phenols is 1. The average Bonchev–Trinajstić information content (AvgIpc) is 3.06. The highest BCUT2D eigenvalue weighted by atomic mass is 35.5. The van der Waals surface area contributed by atoms with Crippen LogP contribution in [0.3, 0.4) is 0 Å². The van der Waals surface area contributed by atoms with Gasteiger partial charge >= 0.3 is 0 Å². The maximum Gasteiger partial charge on any atom is 0.227 e. The number of carbonyl (C=O) groups is 1. The van der Waals surface area contributed by atoms with Gasteiger partial charge in [-0.1, -0.05) is 23.2 Å². The minimum absolute atomic E-state index is 0.0678. The molecular formula is C11H11Cl2NO2. The first-order valence-corrected chi connectivity index (χ1v) is 5.74. The van der Waals surface area contributed by atoms with Crippen LogP contribution >= 0.6 is 23.2 Å². The summed E-state index contributed by atoms with van der Waals surface area (Å²) in [6.07, 6.45) is 1.81. The third kappa shape index (κ3) is 2.11. The van der Waals surface area contributed by atoms with E-state index in [9.17, 15) is 9.90 Å². The van der Waals surface area contributed by atoms with Crippen LogP contribution in [-0.2, 0) is 4.79 Å². The molecule has 0 aromatic heterocycles. The van der Waals surface area contributed by atoms with Crippen LogP contribution in [-0.4, -0.2) is 11.0 Å². The molecule has 86 valence electrons. The summed E-state index contributed by atoms with van der Waals surface area (Å²) >= 11 is 11.8. The highest BCUT2D eigenvalue weighted by Gasteiger charge is 2.30. The van der Waals surface area contributed by atoms with E-state index < -0.39 is 0 Å². The van der Waals surface area contributed by atoms with E-state index in [-0.39, 0.29) is 28.3 Å². The lowest BCUT2D eigenvalue weighted by atomic mass is 10.2.